The van der Waals surface area contributed by atoms with Gasteiger partial charge in [0.15, 0.2) is 0 Å². The van der Waals surface area contributed by atoms with Gasteiger partial charge in [0.1, 0.15) is 10.8 Å². The molecule has 5 nitrogen and oxygen atoms in total. The van der Waals surface area contributed by atoms with Crippen LogP contribution in [0.5, 0.6) is 0 Å². The van der Waals surface area contributed by atoms with Crippen LogP contribution < -0.4 is 0 Å². The zero-order valence-electron chi connectivity index (χ0n) is 12.2. The van der Waals surface area contributed by atoms with Crippen molar-refractivity contribution in [2.45, 2.75) is 38.1 Å². The van der Waals surface area contributed by atoms with Crippen LogP contribution in [0.25, 0.3) is 0 Å². The summed E-state index contributed by atoms with van der Waals surface area (Å²) >= 11 is 5.80. The van der Waals surface area contributed by atoms with Gasteiger partial charge < -0.3 is 9.80 Å². The molecular weight excluding hydrogens is 288 g/mol. The van der Waals surface area contributed by atoms with E-state index in [4.69, 9.17) is 11.6 Å². The highest BCUT2D eigenvalue weighted by atomic mass is 35.5. The lowest BCUT2D eigenvalue weighted by molar-refractivity contribution is 0.0584. The predicted octanol–water partition coefficient (Wildman–Crippen LogP) is 2.22. The van der Waals surface area contributed by atoms with Gasteiger partial charge in [0.2, 0.25) is 0 Å². The third-order valence-corrected chi connectivity index (χ3v) is 4.67. The summed E-state index contributed by atoms with van der Waals surface area (Å²) in [6.07, 6.45) is 9.04. The average Bonchev–Trinajstić information content (AvgIpc) is 2.55. The Hall–Kier alpha value is -1.20. The molecule has 21 heavy (non-hydrogen) atoms. The summed E-state index contributed by atoms with van der Waals surface area (Å²) in [5, 5.41) is 0.268. The Morgan fingerprint density at radius 3 is 2.48 bits per heavy atom. The molecule has 0 radical (unpaired) electrons. The van der Waals surface area contributed by atoms with Crippen LogP contribution in [-0.4, -0.2) is 57.9 Å². The highest BCUT2D eigenvalue weighted by Crippen LogP contribution is 2.21. The number of halogens is 1. The molecule has 2 aliphatic rings. The van der Waals surface area contributed by atoms with Gasteiger partial charge in [0.25, 0.3) is 5.91 Å². The van der Waals surface area contributed by atoms with Gasteiger partial charge in [-0.25, -0.2) is 4.98 Å². The van der Waals surface area contributed by atoms with Gasteiger partial charge >= 0.3 is 0 Å². The lowest BCUT2D eigenvalue weighted by Gasteiger charge is -2.40. The second-order valence-corrected chi connectivity index (χ2v) is 6.23. The van der Waals surface area contributed by atoms with E-state index in [1.54, 1.807) is 0 Å². The van der Waals surface area contributed by atoms with Gasteiger partial charge in [-0.2, -0.15) is 0 Å². The number of nitrogens with zero attached hydrogens (tertiary/aromatic N) is 4. The van der Waals surface area contributed by atoms with Crippen molar-refractivity contribution in [3.8, 4) is 0 Å². The fourth-order valence-corrected chi connectivity index (χ4v) is 3.47. The molecule has 0 atom stereocenters. The maximum atomic E-state index is 12.4. The molecule has 3 heterocycles. The Morgan fingerprint density at radius 2 is 1.81 bits per heavy atom. The molecule has 6 heteroatoms. The largest absolute Gasteiger partial charge is 0.337 e. The van der Waals surface area contributed by atoms with Crippen LogP contribution in [0, 0.1) is 0 Å². The molecule has 2 fully saturated rings. The average molecular weight is 309 g/mol. The first-order valence-electron chi connectivity index (χ1n) is 7.75. The SMILES string of the molecule is O=C(c1cncc(Cl)n1)N1CCC(N2CCCCC2)CC1. The van der Waals surface area contributed by atoms with Crippen LogP contribution in [-0.2, 0) is 0 Å². The summed E-state index contributed by atoms with van der Waals surface area (Å²) in [6.45, 7) is 4.04. The molecule has 0 aliphatic carbocycles. The summed E-state index contributed by atoms with van der Waals surface area (Å²) in [4.78, 5) is 24.9. The minimum Gasteiger partial charge on any atom is -0.337 e. The molecule has 2 saturated heterocycles. The number of hydrogen-bond donors (Lipinski definition) is 0. The van der Waals surface area contributed by atoms with Gasteiger partial charge in [-0.15, -0.1) is 0 Å². The second kappa shape index (κ2) is 6.71. The standard InChI is InChI=1S/C15H21ClN4O/c16-14-11-17-10-13(18-14)15(21)20-8-4-12(5-9-20)19-6-2-1-3-7-19/h10-12H,1-9H2. The highest BCUT2D eigenvalue weighted by molar-refractivity contribution is 6.29. The number of carbonyl (C=O) groups is 1. The number of likely N-dealkylation sites (tertiary alicyclic amines) is 2. The lowest BCUT2D eigenvalue weighted by atomic mass is 10.00. The molecule has 0 spiro atoms. The Labute approximate surface area is 130 Å². The lowest BCUT2D eigenvalue weighted by Crippen LogP contribution is -2.48. The Balaban J connectivity index is 1.56. The van der Waals surface area contributed by atoms with Crippen molar-refractivity contribution < 1.29 is 4.79 Å². The van der Waals surface area contributed by atoms with Crippen molar-refractivity contribution in [1.82, 2.24) is 19.8 Å². The smallest absolute Gasteiger partial charge is 0.274 e. The van der Waals surface area contributed by atoms with Crippen molar-refractivity contribution >= 4 is 17.5 Å². The highest BCUT2D eigenvalue weighted by Gasteiger charge is 2.28. The van der Waals surface area contributed by atoms with Gasteiger partial charge in [0.05, 0.1) is 12.4 Å². The molecule has 1 aromatic heterocycles. The number of hydrogen-bond acceptors (Lipinski definition) is 4. The Kier molecular flexibility index (Phi) is 4.70. The molecule has 0 saturated carbocycles. The van der Waals surface area contributed by atoms with E-state index < -0.39 is 0 Å². The van der Waals surface area contributed by atoms with Crippen molar-refractivity contribution in [3.05, 3.63) is 23.2 Å². The quantitative estimate of drug-likeness (QED) is 0.840. The number of carbonyl (C=O) groups excluding carboxylic acids is 1. The molecule has 114 valence electrons. The van der Waals surface area contributed by atoms with Crippen LogP contribution in [0.3, 0.4) is 0 Å². The van der Waals surface area contributed by atoms with E-state index >= 15 is 0 Å². The van der Waals surface area contributed by atoms with Crippen molar-refractivity contribution in [2.24, 2.45) is 0 Å². The topological polar surface area (TPSA) is 49.3 Å². The first kappa shape index (κ1) is 14.7. The van der Waals surface area contributed by atoms with Crippen LogP contribution in [0.15, 0.2) is 12.4 Å². The number of amides is 1. The van der Waals surface area contributed by atoms with Crippen LogP contribution in [0.4, 0.5) is 0 Å². The monoisotopic (exact) mass is 308 g/mol. The summed E-state index contributed by atoms with van der Waals surface area (Å²) < 4.78 is 0. The first-order valence-corrected chi connectivity index (χ1v) is 8.13. The van der Waals surface area contributed by atoms with Crippen LogP contribution in [0.2, 0.25) is 5.15 Å². The maximum absolute atomic E-state index is 12.4. The molecule has 1 aromatic rings. The van der Waals surface area contributed by atoms with E-state index in [2.05, 4.69) is 14.9 Å². The zero-order valence-corrected chi connectivity index (χ0v) is 12.9. The molecular formula is C15H21ClN4O. The summed E-state index contributed by atoms with van der Waals surface area (Å²) in [7, 11) is 0. The van der Waals surface area contributed by atoms with E-state index in [1.807, 2.05) is 4.90 Å². The van der Waals surface area contributed by atoms with Crippen LogP contribution in [0.1, 0.15) is 42.6 Å². The molecule has 0 aromatic carbocycles. The van der Waals surface area contributed by atoms with Crippen molar-refractivity contribution in [1.29, 1.82) is 0 Å². The maximum Gasteiger partial charge on any atom is 0.274 e. The molecule has 0 N–H and O–H groups in total. The summed E-state index contributed by atoms with van der Waals surface area (Å²) in [5.74, 6) is -0.0536. The predicted molar refractivity (Wildman–Crippen MR) is 81.4 cm³/mol. The first-order chi connectivity index (χ1) is 10.2. The van der Waals surface area contributed by atoms with E-state index in [-0.39, 0.29) is 11.1 Å². The van der Waals surface area contributed by atoms with E-state index in [9.17, 15) is 4.79 Å². The van der Waals surface area contributed by atoms with Crippen molar-refractivity contribution in [3.63, 3.8) is 0 Å². The van der Waals surface area contributed by atoms with Crippen molar-refractivity contribution in [2.75, 3.05) is 26.2 Å². The summed E-state index contributed by atoms with van der Waals surface area (Å²) in [5.41, 5.74) is 0.346. The van der Waals surface area contributed by atoms with E-state index in [0.717, 1.165) is 25.9 Å². The van der Waals surface area contributed by atoms with Gasteiger partial charge in [-0.1, -0.05) is 18.0 Å². The number of aromatic nitrogens is 2. The third-order valence-electron chi connectivity index (χ3n) is 4.48. The Morgan fingerprint density at radius 1 is 1.10 bits per heavy atom. The normalized spacial score (nSPS) is 21.5. The third kappa shape index (κ3) is 3.52. The fourth-order valence-electron chi connectivity index (χ4n) is 3.32. The number of piperidine rings is 2. The van der Waals surface area contributed by atoms with E-state index in [1.165, 1.54) is 44.7 Å². The van der Waals surface area contributed by atoms with Gasteiger partial charge in [0, 0.05) is 19.1 Å². The molecule has 0 unspecified atom stereocenters. The minimum atomic E-state index is -0.0536. The summed E-state index contributed by atoms with van der Waals surface area (Å²) in [6, 6.07) is 0.639. The molecule has 0 bridgehead atoms. The molecule has 2 aliphatic heterocycles. The van der Waals surface area contributed by atoms with Gasteiger partial charge in [-0.3, -0.25) is 9.78 Å². The number of rotatable bonds is 2. The fraction of sp³-hybridized carbons (Fsp3) is 0.667. The van der Waals surface area contributed by atoms with Crippen LogP contribution >= 0.6 is 11.6 Å². The Bertz CT molecular complexity index is 496. The zero-order chi connectivity index (χ0) is 14.7. The molecule has 3 rings (SSSR count). The van der Waals surface area contributed by atoms with Gasteiger partial charge in [-0.05, 0) is 38.8 Å². The van der Waals surface area contributed by atoms with E-state index in [0.29, 0.717) is 11.7 Å². The molecule has 1 amide bonds. The second-order valence-electron chi connectivity index (χ2n) is 5.85. The minimum absolute atomic E-state index is 0.0536.